The molecule has 1 aromatic heterocycles. The molecule has 2 N–H and O–H groups in total. The Labute approximate surface area is 81.0 Å². The summed E-state index contributed by atoms with van der Waals surface area (Å²) >= 11 is 1.17. The van der Waals surface area contributed by atoms with Gasteiger partial charge in [0.05, 0.1) is 13.3 Å². The van der Waals surface area contributed by atoms with Gasteiger partial charge in [0, 0.05) is 0 Å². The van der Waals surface area contributed by atoms with Gasteiger partial charge >= 0.3 is 5.97 Å². The first-order valence-corrected chi connectivity index (χ1v) is 6.11. The maximum atomic E-state index is 11.0. The van der Waals surface area contributed by atoms with E-state index in [2.05, 4.69) is 21.5 Å². The molecule has 0 aliphatic rings. The second-order valence-corrected chi connectivity index (χ2v) is 5.99. The van der Waals surface area contributed by atoms with Crippen LogP contribution in [0, 0.1) is 0 Å². The normalized spacial score (nSPS) is 11.2. The SMILES string of the molecule is C=S(=C)(N)c1ncc(C(=O)OC)s1. The maximum absolute atomic E-state index is 11.0. The van der Waals surface area contributed by atoms with Crippen LogP contribution in [0.2, 0.25) is 0 Å². The highest BCUT2D eigenvalue weighted by Crippen LogP contribution is 2.28. The van der Waals surface area contributed by atoms with Crippen molar-refractivity contribution in [2.75, 3.05) is 7.11 Å². The lowest BCUT2D eigenvalue weighted by Crippen LogP contribution is -1.96. The van der Waals surface area contributed by atoms with Crippen molar-refractivity contribution in [3.05, 3.63) is 11.1 Å². The molecule has 1 aromatic rings. The Morgan fingerprint density at radius 1 is 1.77 bits per heavy atom. The van der Waals surface area contributed by atoms with Gasteiger partial charge in [0.25, 0.3) is 0 Å². The van der Waals surface area contributed by atoms with Gasteiger partial charge in [-0.1, -0.05) is 11.7 Å². The summed E-state index contributed by atoms with van der Waals surface area (Å²) in [5, 5.41) is 5.67. The zero-order valence-corrected chi connectivity index (χ0v) is 8.78. The summed E-state index contributed by atoms with van der Waals surface area (Å²) in [6.45, 7) is 0. The first-order chi connectivity index (χ1) is 5.95. The number of carbonyl (C=O) groups is 1. The van der Waals surface area contributed by atoms with Crippen molar-refractivity contribution in [1.29, 1.82) is 0 Å². The Hall–Kier alpha value is -0.850. The first-order valence-electron chi connectivity index (χ1n) is 3.26. The van der Waals surface area contributed by atoms with Gasteiger partial charge in [0.2, 0.25) is 0 Å². The Kier molecular flexibility index (Phi) is 2.74. The number of rotatable bonds is 2. The molecule has 0 saturated heterocycles. The lowest BCUT2D eigenvalue weighted by molar-refractivity contribution is 0.0606. The molecule has 0 aliphatic carbocycles. The molecule has 0 aliphatic heterocycles. The minimum Gasteiger partial charge on any atom is -0.465 e. The number of hydrogen-bond acceptors (Lipinski definition) is 5. The zero-order valence-electron chi connectivity index (χ0n) is 7.15. The molecule has 6 heteroatoms. The minimum absolute atomic E-state index is 0.410. The van der Waals surface area contributed by atoms with Gasteiger partial charge in [-0.25, -0.2) is 9.78 Å². The number of nitrogens with zero attached hydrogens (tertiary/aromatic N) is 1. The molecule has 0 aromatic carbocycles. The zero-order chi connectivity index (χ0) is 10.1. The van der Waals surface area contributed by atoms with Crippen molar-refractivity contribution in [3.8, 4) is 0 Å². The van der Waals surface area contributed by atoms with Crippen molar-refractivity contribution in [3.63, 3.8) is 0 Å². The average molecular weight is 218 g/mol. The Bertz CT molecular complexity index is 419. The molecule has 13 heavy (non-hydrogen) atoms. The van der Waals surface area contributed by atoms with E-state index in [1.54, 1.807) is 0 Å². The van der Waals surface area contributed by atoms with Crippen molar-refractivity contribution in [1.82, 2.24) is 4.98 Å². The molecule has 0 spiro atoms. The van der Waals surface area contributed by atoms with Crippen LogP contribution in [0.1, 0.15) is 9.67 Å². The first kappa shape index (κ1) is 10.2. The van der Waals surface area contributed by atoms with E-state index in [0.717, 1.165) is 0 Å². The number of carbonyl (C=O) groups excluding carboxylic acids is 1. The largest absolute Gasteiger partial charge is 0.465 e. The molecule has 0 radical (unpaired) electrons. The van der Waals surface area contributed by atoms with Gasteiger partial charge < -0.3 is 4.74 Å². The van der Waals surface area contributed by atoms with E-state index in [1.165, 1.54) is 24.6 Å². The predicted molar refractivity (Wildman–Crippen MR) is 57.7 cm³/mol. The van der Waals surface area contributed by atoms with Gasteiger partial charge in [-0.2, -0.15) is 0 Å². The summed E-state index contributed by atoms with van der Waals surface area (Å²) in [6, 6.07) is 0. The van der Waals surface area contributed by atoms with Crippen LogP contribution in [-0.2, 0) is 4.74 Å². The van der Waals surface area contributed by atoms with Gasteiger partial charge in [0.15, 0.2) is 4.34 Å². The highest BCUT2D eigenvalue weighted by Gasteiger charge is 2.11. The number of nitrogens with two attached hydrogens (primary N) is 1. The fourth-order valence-corrected chi connectivity index (χ4v) is 2.40. The summed E-state index contributed by atoms with van der Waals surface area (Å²) in [6.07, 6.45) is 1.43. The smallest absolute Gasteiger partial charge is 0.349 e. The number of aromatic nitrogens is 1. The molecule has 4 nitrogen and oxygen atoms in total. The lowest BCUT2D eigenvalue weighted by atomic mass is 10.6. The molecule has 1 rings (SSSR count). The monoisotopic (exact) mass is 218 g/mol. The Balaban J connectivity index is 3.07. The summed E-state index contributed by atoms with van der Waals surface area (Å²) in [5.41, 5.74) is 0. The van der Waals surface area contributed by atoms with Gasteiger partial charge in [0.1, 0.15) is 4.88 Å². The van der Waals surface area contributed by atoms with Crippen LogP contribution in [0.15, 0.2) is 10.5 Å². The van der Waals surface area contributed by atoms with E-state index in [-0.39, 0.29) is 0 Å². The van der Waals surface area contributed by atoms with Gasteiger partial charge in [-0.3, -0.25) is 5.14 Å². The van der Waals surface area contributed by atoms with E-state index in [1.807, 2.05) is 0 Å². The summed E-state index contributed by atoms with van der Waals surface area (Å²) < 4.78 is 5.11. The number of esters is 1. The topological polar surface area (TPSA) is 65.2 Å². The fourth-order valence-electron chi connectivity index (χ4n) is 0.641. The third-order valence-corrected chi connectivity index (χ3v) is 4.04. The van der Waals surface area contributed by atoms with Gasteiger partial charge in [-0.05, 0) is 0 Å². The third-order valence-electron chi connectivity index (χ3n) is 1.22. The van der Waals surface area contributed by atoms with Crippen LogP contribution < -0.4 is 5.14 Å². The average Bonchev–Trinajstić information content (AvgIpc) is 2.50. The second-order valence-electron chi connectivity index (χ2n) is 2.43. The molecular formula is C7H10N2O2S2. The van der Waals surface area contributed by atoms with Crippen molar-refractivity contribution in [2.24, 2.45) is 5.14 Å². The van der Waals surface area contributed by atoms with E-state index < -0.39 is 15.4 Å². The van der Waals surface area contributed by atoms with Crippen molar-refractivity contribution >= 4 is 38.4 Å². The Morgan fingerprint density at radius 2 is 2.38 bits per heavy atom. The van der Waals surface area contributed by atoms with Crippen molar-refractivity contribution < 1.29 is 9.53 Å². The molecular weight excluding hydrogens is 208 g/mol. The summed E-state index contributed by atoms with van der Waals surface area (Å²) in [5.74, 6) is 6.96. The molecule has 0 atom stereocenters. The number of thiazole rings is 1. The van der Waals surface area contributed by atoms with Crippen molar-refractivity contribution in [2.45, 2.75) is 4.34 Å². The standard InChI is InChI=1S/C7H10N2O2S2/c1-11-6(10)5-4-9-7(12-5)13(2,3)8/h4H,2-3,8H2,1H3. The number of hydrogen-bond donors (Lipinski definition) is 1. The second kappa shape index (κ2) is 3.49. The molecule has 0 unspecified atom stereocenters. The molecule has 0 saturated carbocycles. The highest BCUT2D eigenvalue weighted by atomic mass is 32.2. The van der Waals surface area contributed by atoms with Crippen LogP contribution in [0.25, 0.3) is 0 Å². The summed E-state index contributed by atoms with van der Waals surface area (Å²) in [7, 11) is -0.506. The van der Waals surface area contributed by atoms with E-state index >= 15 is 0 Å². The summed E-state index contributed by atoms with van der Waals surface area (Å²) in [4.78, 5) is 15.4. The quantitative estimate of drug-likeness (QED) is 0.590. The molecule has 1 heterocycles. The predicted octanol–water partition coefficient (Wildman–Crippen LogP) is 0.831. The number of methoxy groups -OCH3 is 1. The van der Waals surface area contributed by atoms with Crippen LogP contribution >= 0.6 is 20.7 Å². The Morgan fingerprint density at radius 3 is 2.77 bits per heavy atom. The highest BCUT2D eigenvalue weighted by molar-refractivity contribution is 8.27. The fraction of sp³-hybridized carbons (Fsp3) is 0.143. The van der Waals surface area contributed by atoms with Crippen LogP contribution in [0.3, 0.4) is 0 Å². The van der Waals surface area contributed by atoms with E-state index in [9.17, 15) is 4.79 Å². The van der Waals surface area contributed by atoms with Crippen LogP contribution in [0.5, 0.6) is 0 Å². The lowest BCUT2D eigenvalue weighted by Gasteiger charge is -2.00. The molecule has 72 valence electrons. The minimum atomic E-state index is -1.82. The van der Waals surface area contributed by atoms with Crippen LogP contribution in [0.4, 0.5) is 0 Å². The molecule has 0 bridgehead atoms. The molecule has 0 amide bonds. The van der Waals surface area contributed by atoms with Gasteiger partial charge in [-0.15, -0.1) is 20.7 Å². The van der Waals surface area contributed by atoms with E-state index in [4.69, 9.17) is 5.14 Å². The number of ether oxygens (including phenoxy) is 1. The molecule has 0 fully saturated rings. The maximum Gasteiger partial charge on any atom is 0.349 e. The third kappa shape index (κ3) is 2.30. The van der Waals surface area contributed by atoms with E-state index in [0.29, 0.717) is 9.22 Å². The van der Waals surface area contributed by atoms with Crippen LogP contribution in [-0.4, -0.2) is 29.8 Å².